The molecule has 0 unspecified atom stereocenters. The third-order valence-electron chi connectivity index (χ3n) is 4.46. The number of hydrogen-bond donors (Lipinski definition) is 0. The lowest BCUT2D eigenvalue weighted by Crippen LogP contribution is -2.65. The number of nitrogens with zero attached hydrogens (tertiary/aromatic N) is 2. The predicted molar refractivity (Wildman–Crippen MR) is 80.1 cm³/mol. The van der Waals surface area contributed by atoms with Gasteiger partial charge in [-0.25, -0.2) is 12.8 Å². The van der Waals surface area contributed by atoms with Crippen molar-refractivity contribution in [3.8, 4) is 0 Å². The van der Waals surface area contributed by atoms with E-state index in [0.29, 0.717) is 36.1 Å². The summed E-state index contributed by atoms with van der Waals surface area (Å²) in [6.07, 6.45) is 2.19. The summed E-state index contributed by atoms with van der Waals surface area (Å²) >= 11 is 6.06. The first kappa shape index (κ1) is 15.2. The molecule has 0 aliphatic carbocycles. The van der Waals surface area contributed by atoms with E-state index in [0.717, 1.165) is 13.0 Å². The number of rotatable bonds is 3. The average molecular weight is 333 g/mol. The fourth-order valence-electron chi connectivity index (χ4n) is 3.25. The van der Waals surface area contributed by atoms with Gasteiger partial charge in [-0.1, -0.05) is 17.7 Å². The number of likely N-dealkylation sites (tertiary alicyclic amines) is 1. The molecule has 3 rings (SSSR count). The number of piperidine rings is 1. The molecule has 2 aliphatic rings. The van der Waals surface area contributed by atoms with E-state index in [1.54, 1.807) is 16.4 Å². The van der Waals surface area contributed by atoms with Gasteiger partial charge < -0.3 is 0 Å². The third-order valence-corrected chi connectivity index (χ3v) is 6.09. The lowest BCUT2D eigenvalue weighted by molar-refractivity contribution is 0.0107. The van der Waals surface area contributed by atoms with Crippen LogP contribution in [0.15, 0.2) is 18.2 Å². The molecule has 0 spiro atoms. The minimum atomic E-state index is -3.14. The van der Waals surface area contributed by atoms with Crippen LogP contribution in [-0.4, -0.2) is 49.6 Å². The standard InChI is InChI=1S/C14H18ClFN2O2S/c1-21(19,20)18-7-10-5-6-17(9-14(10)18)8-11-12(15)3-2-4-13(11)16/h2-4,10,14H,5-9H2,1H3/t10-,14-/m1/s1. The van der Waals surface area contributed by atoms with Crippen LogP contribution >= 0.6 is 11.6 Å². The van der Waals surface area contributed by atoms with Gasteiger partial charge in [-0.3, -0.25) is 4.90 Å². The minimum absolute atomic E-state index is 0.0271. The van der Waals surface area contributed by atoms with Gasteiger partial charge in [0.25, 0.3) is 0 Å². The first-order chi connectivity index (χ1) is 9.86. The summed E-state index contributed by atoms with van der Waals surface area (Å²) in [5, 5.41) is 0.422. The Morgan fingerprint density at radius 3 is 2.81 bits per heavy atom. The van der Waals surface area contributed by atoms with Gasteiger partial charge in [0.05, 0.1) is 6.26 Å². The van der Waals surface area contributed by atoms with Crippen LogP contribution < -0.4 is 0 Å². The molecule has 1 aromatic rings. The number of sulfonamides is 1. The van der Waals surface area contributed by atoms with Gasteiger partial charge in [0, 0.05) is 36.3 Å². The quantitative estimate of drug-likeness (QED) is 0.849. The molecule has 0 aromatic heterocycles. The highest BCUT2D eigenvalue weighted by atomic mass is 35.5. The molecule has 0 amide bonds. The normalized spacial score (nSPS) is 27.2. The Hall–Kier alpha value is -0.690. The molecule has 0 bridgehead atoms. The lowest BCUT2D eigenvalue weighted by atomic mass is 9.84. The molecule has 21 heavy (non-hydrogen) atoms. The van der Waals surface area contributed by atoms with Gasteiger partial charge in [-0.05, 0) is 31.0 Å². The maximum Gasteiger partial charge on any atom is 0.211 e. The third kappa shape index (κ3) is 2.95. The van der Waals surface area contributed by atoms with Crippen molar-refractivity contribution in [2.75, 3.05) is 25.9 Å². The molecule has 4 nitrogen and oxygen atoms in total. The van der Waals surface area contributed by atoms with E-state index in [1.165, 1.54) is 12.3 Å². The van der Waals surface area contributed by atoms with Crippen molar-refractivity contribution < 1.29 is 12.8 Å². The number of benzene rings is 1. The van der Waals surface area contributed by atoms with Gasteiger partial charge in [0.15, 0.2) is 0 Å². The van der Waals surface area contributed by atoms with E-state index in [2.05, 4.69) is 4.90 Å². The SMILES string of the molecule is CS(=O)(=O)N1C[C@H]2CCN(Cc3c(F)cccc3Cl)C[C@H]21. The second-order valence-corrected chi connectivity index (χ2v) is 8.23. The molecule has 2 atom stereocenters. The molecule has 2 saturated heterocycles. The summed E-state index contributed by atoms with van der Waals surface area (Å²) < 4.78 is 38.7. The van der Waals surface area contributed by atoms with Gasteiger partial charge in [-0.2, -0.15) is 4.31 Å². The van der Waals surface area contributed by atoms with Crippen LogP contribution in [-0.2, 0) is 16.6 Å². The Balaban J connectivity index is 1.71. The second-order valence-electron chi connectivity index (χ2n) is 5.88. The van der Waals surface area contributed by atoms with Crippen LogP contribution in [0.1, 0.15) is 12.0 Å². The van der Waals surface area contributed by atoms with E-state index in [4.69, 9.17) is 11.6 Å². The fourth-order valence-corrected chi connectivity index (χ4v) is 4.66. The minimum Gasteiger partial charge on any atom is -0.297 e. The van der Waals surface area contributed by atoms with Crippen LogP contribution in [0, 0.1) is 11.7 Å². The summed E-state index contributed by atoms with van der Waals surface area (Å²) in [6.45, 7) is 2.54. The molecule has 1 aromatic carbocycles. The second kappa shape index (κ2) is 5.50. The Kier molecular flexibility index (Phi) is 3.98. The predicted octanol–water partition coefficient (Wildman–Crippen LogP) is 1.94. The molecule has 0 saturated carbocycles. The van der Waals surface area contributed by atoms with Gasteiger partial charge in [0.1, 0.15) is 5.82 Å². The summed E-state index contributed by atoms with van der Waals surface area (Å²) in [7, 11) is -3.14. The van der Waals surface area contributed by atoms with Crippen molar-refractivity contribution in [1.82, 2.24) is 9.21 Å². The van der Waals surface area contributed by atoms with E-state index in [9.17, 15) is 12.8 Å². The van der Waals surface area contributed by atoms with E-state index in [1.807, 2.05) is 0 Å². The van der Waals surface area contributed by atoms with Crippen LogP contribution in [0.3, 0.4) is 0 Å². The highest BCUT2D eigenvalue weighted by Crippen LogP contribution is 2.35. The number of fused-ring (bicyclic) bond motifs is 1. The van der Waals surface area contributed by atoms with Crippen molar-refractivity contribution in [1.29, 1.82) is 0 Å². The molecular weight excluding hydrogens is 315 g/mol. The van der Waals surface area contributed by atoms with Gasteiger partial charge >= 0.3 is 0 Å². The monoisotopic (exact) mass is 332 g/mol. The Morgan fingerprint density at radius 2 is 2.14 bits per heavy atom. The van der Waals surface area contributed by atoms with Gasteiger partial charge in [-0.15, -0.1) is 0 Å². The van der Waals surface area contributed by atoms with E-state index < -0.39 is 10.0 Å². The van der Waals surface area contributed by atoms with Gasteiger partial charge in [0.2, 0.25) is 10.0 Å². The largest absolute Gasteiger partial charge is 0.297 e. The van der Waals surface area contributed by atoms with E-state index >= 15 is 0 Å². The zero-order chi connectivity index (χ0) is 15.2. The summed E-state index contributed by atoms with van der Waals surface area (Å²) in [4.78, 5) is 2.09. The van der Waals surface area contributed by atoms with Crippen LogP contribution in [0.25, 0.3) is 0 Å². The molecule has 0 radical (unpaired) electrons. The molecule has 2 fully saturated rings. The summed E-state index contributed by atoms with van der Waals surface area (Å²) in [5.74, 6) is 0.130. The highest BCUT2D eigenvalue weighted by Gasteiger charge is 2.46. The van der Waals surface area contributed by atoms with Crippen LogP contribution in [0.4, 0.5) is 4.39 Å². The maximum absolute atomic E-state index is 13.8. The Labute approximate surface area is 129 Å². The van der Waals surface area contributed by atoms with Crippen molar-refractivity contribution in [2.45, 2.75) is 19.0 Å². The number of halogens is 2. The zero-order valence-electron chi connectivity index (χ0n) is 11.8. The average Bonchev–Trinajstić information content (AvgIpc) is 2.35. The summed E-state index contributed by atoms with van der Waals surface area (Å²) in [5.41, 5.74) is 0.489. The fraction of sp³-hybridized carbons (Fsp3) is 0.571. The Bertz CT molecular complexity index is 632. The van der Waals surface area contributed by atoms with Crippen molar-refractivity contribution in [2.24, 2.45) is 5.92 Å². The molecular formula is C14H18ClFN2O2S. The topological polar surface area (TPSA) is 40.6 Å². The van der Waals surface area contributed by atoms with Crippen molar-refractivity contribution in [3.63, 3.8) is 0 Å². The molecule has 2 aliphatic heterocycles. The molecule has 0 N–H and O–H groups in total. The zero-order valence-corrected chi connectivity index (χ0v) is 13.4. The summed E-state index contributed by atoms with van der Waals surface area (Å²) in [6, 6.07) is 4.70. The van der Waals surface area contributed by atoms with Crippen LogP contribution in [0.2, 0.25) is 5.02 Å². The first-order valence-electron chi connectivity index (χ1n) is 6.98. The number of hydrogen-bond acceptors (Lipinski definition) is 3. The maximum atomic E-state index is 13.8. The smallest absolute Gasteiger partial charge is 0.211 e. The first-order valence-corrected chi connectivity index (χ1v) is 9.21. The van der Waals surface area contributed by atoms with Crippen molar-refractivity contribution in [3.05, 3.63) is 34.6 Å². The molecule has 116 valence electrons. The molecule has 2 heterocycles. The van der Waals surface area contributed by atoms with Crippen molar-refractivity contribution >= 4 is 21.6 Å². The van der Waals surface area contributed by atoms with E-state index in [-0.39, 0.29) is 11.9 Å². The lowest BCUT2D eigenvalue weighted by Gasteiger charge is -2.52. The highest BCUT2D eigenvalue weighted by molar-refractivity contribution is 7.88. The Morgan fingerprint density at radius 1 is 1.38 bits per heavy atom. The van der Waals surface area contributed by atoms with Crippen LogP contribution in [0.5, 0.6) is 0 Å². The molecule has 7 heteroatoms.